The first-order valence-corrected chi connectivity index (χ1v) is 3.25. The third-order valence-corrected chi connectivity index (χ3v) is 1.38. The number of nitrogens with zero attached hydrogens (tertiary/aromatic N) is 2. The van der Waals surface area contributed by atoms with Gasteiger partial charge < -0.3 is 10.2 Å². The van der Waals surface area contributed by atoms with E-state index < -0.39 is 0 Å². The maximum Gasteiger partial charge on any atom is 0.248 e. The molecule has 0 unspecified atom stereocenters. The minimum Gasteiger partial charge on any atom is -0.423 e. The molecule has 0 aliphatic rings. The van der Waals surface area contributed by atoms with Gasteiger partial charge in [-0.3, -0.25) is 0 Å². The summed E-state index contributed by atoms with van der Waals surface area (Å²) in [7, 11) is 0. The number of nitrogen functional groups attached to an aromatic ring is 1. The molecule has 0 saturated carbocycles. The SMILES string of the molecule is Cc1nc2ccc(N)nc2o1. The van der Waals surface area contributed by atoms with Gasteiger partial charge in [-0.25, -0.2) is 4.98 Å². The molecule has 0 radical (unpaired) electrons. The number of anilines is 1. The Morgan fingerprint density at radius 2 is 2.18 bits per heavy atom. The first-order valence-electron chi connectivity index (χ1n) is 3.25. The van der Waals surface area contributed by atoms with Crippen LogP contribution in [0.2, 0.25) is 0 Å². The van der Waals surface area contributed by atoms with Gasteiger partial charge in [0.25, 0.3) is 0 Å². The first-order chi connectivity index (χ1) is 5.25. The highest BCUT2D eigenvalue weighted by Gasteiger charge is 2.01. The van der Waals surface area contributed by atoms with E-state index in [4.69, 9.17) is 10.2 Å². The Morgan fingerprint density at radius 1 is 1.36 bits per heavy atom. The Morgan fingerprint density at radius 3 is 3.00 bits per heavy atom. The molecule has 11 heavy (non-hydrogen) atoms. The Kier molecular flexibility index (Phi) is 1.09. The normalized spacial score (nSPS) is 10.6. The number of aromatic nitrogens is 2. The van der Waals surface area contributed by atoms with Crippen LogP contribution in [0.25, 0.3) is 11.2 Å². The highest BCUT2D eigenvalue weighted by atomic mass is 16.4. The molecule has 0 saturated heterocycles. The maximum absolute atomic E-state index is 5.43. The summed E-state index contributed by atoms with van der Waals surface area (Å²) >= 11 is 0. The average molecular weight is 149 g/mol. The molecular formula is C7H7N3O. The summed E-state index contributed by atoms with van der Waals surface area (Å²) in [5.74, 6) is 1.06. The van der Waals surface area contributed by atoms with Crippen molar-refractivity contribution >= 4 is 17.0 Å². The van der Waals surface area contributed by atoms with Crippen LogP contribution in [0.5, 0.6) is 0 Å². The van der Waals surface area contributed by atoms with E-state index in [-0.39, 0.29) is 0 Å². The Hall–Kier alpha value is -1.58. The number of nitrogens with two attached hydrogens (primary N) is 1. The summed E-state index contributed by atoms with van der Waals surface area (Å²) in [6.45, 7) is 1.78. The van der Waals surface area contributed by atoms with Gasteiger partial charge in [0, 0.05) is 6.92 Å². The third kappa shape index (κ3) is 0.920. The van der Waals surface area contributed by atoms with Gasteiger partial charge in [-0.2, -0.15) is 4.98 Å². The van der Waals surface area contributed by atoms with Gasteiger partial charge in [-0.15, -0.1) is 0 Å². The van der Waals surface area contributed by atoms with Crippen molar-refractivity contribution in [3.05, 3.63) is 18.0 Å². The van der Waals surface area contributed by atoms with E-state index in [9.17, 15) is 0 Å². The number of hydrogen-bond donors (Lipinski definition) is 1. The summed E-state index contributed by atoms with van der Waals surface area (Å²) in [5.41, 5.74) is 6.68. The van der Waals surface area contributed by atoms with Crippen LogP contribution in [-0.2, 0) is 0 Å². The fourth-order valence-corrected chi connectivity index (χ4v) is 0.940. The van der Waals surface area contributed by atoms with Crippen LogP contribution >= 0.6 is 0 Å². The zero-order chi connectivity index (χ0) is 7.84. The molecule has 2 N–H and O–H groups in total. The van der Waals surface area contributed by atoms with Crippen LogP contribution in [0, 0.1) is 6.92 Å². The van der Waals surface area contributed by atoms with Crippen LogP contribution in [0.3, 0.4) is 0 Å². The molecule has 4 nitrogen and oxygen atoms in total. The Balaban J connectivity index is 2.82. The van der Waals surface area contributed by atoms with Gasteiger partial charge in [0.15, 0.2) is 5.89 Å². The van der Waals surface area contributed by atoms with E-state index in [1.165, 1.54) is 0 Å². The quantitative estimate of drug-likeness (QED) is 0.609. The predicted octanol–water partition coefficient (Wildman–Crippen LogP) is 1.11. The van der Waals surface area contributed by atoms with Gasteiger partial charge in [0.2, 0.25) is 5.71 Å². The molecule has 0 aromatic carbocycles. The summed E-state index contributed by atoms with van der Waals surface area (Å²) in [5, 5.41) is 0. The van der Waals surface area contributed by atoms with Crippen molar-refractivity contribution in [3.8, 4) is 0 Å². The van der Waals surface area contributed by atoms with E-state index in [1.807, 2.05) is 0 Å². The van der Waals surface area contributed by atoms with E-state index in [0.29, 0.717) is 17.4 Å². The number of aryl methyl sites for hydroxylation is 1. The summed E-state index contributed by atoms with van der Waals surface area (Å²) < 4.78 is 5.15. The Labute approximate surface area is 63.1 Å². The molecule has 0 aliphatic carbocycles. The van der Waals surface area contributed by atoms with E-state index >= 15 is 0 Å². The predicted molar refractivity (Wildman–Crippen MR) is 41.0 cm³/mol. The van der Waals surface area contributed by atoms with Gasteiger partial charge in [-0.1, -0.05) is 0 Å². The third-order valence-electron chi connectivity index (χ3n) is 1.38. The molecule has 2 heterocycles. The van der Waals surface area contributed by atoms with Gasteiger partial charge in [0.1, 0.15) is 11.3 Å². The fraction of sp³-hybridized carbons (Fsp3) is 0.143. The summed E-state index contributed by atoms with van der Waals surface area (Å²) in [4.78, 5) is 8.01. The molecule has 0 spiro atoms. The van der Waals surface area contributed by atoms with Crippen LogP contribution in [0.1, 0.15) is 5.89 Å². The van der Waals surface area contributed by atoms with E-state index in [0.717, 1.165) is 5.52 Å². The lowest BCUT2D eigenvalue weighted by molar-refractivity contribution is 0.552. The van der Waals surface area contributed by atoms with Crippen molar-refractivity contribution in [2.75, 3.05) is 5.73 Å². The maximum atomic E-state index is 5.43. The second-order valence-electron chi connectivity index (χ2n) is 2.29. The van der Waals surface area contributed by atoms with Gasteiger partial charge in [0.05, 0.1) is 0 Å². The topological polar surface area (TPSA) is 64.9 Å². The van der Waals surface area contributed by atoms with Crippen LogP contribution in [0.15, 0.2) is 16.5 Å². The molecule has 2 aromatic rings. The molecule has 0 fully saturated rings. The number of hydrogen-bond acceptors (Lipinski definition) is 4. The minimum atomic E-state index is 0.452. The van der Waals surface area contributed by atoms with E-state index in [2.05, 4.69) is 9.97 Å². The molecule has 0 amide bonds. The molecule has 0 atom stereocenters. The number of oxazole rings is 1. The smallest absolute Gasteiger partial charge is 0.248 e. The zero-order valence-electron chi connectivity index (χ0n) is 6.03. The monoisotopic (exact) mass is 149 g/mol. The number of rotatable bonds is 0. The number of fused-ring (bicyclic) bond motifs is 1. The van der Waals surface area contributed by atoms with Crippen molar-refractivity contribution < 1.29 is 4.42 Å². The lowest BCUT2D eigenvalue weighted by Gasteiger charge is -1.87. The first kappa shape index (κ1) is 6.15. The largest absolute Gasteiger partial charge is 0.423 e. The highest BCUT2D eigenvalue weighted by molar-refractivity contribution is 5.69. The molecule has 0 bridgehead atoms. The van der Waals surface area contributed by atoms with Crippen molar-refractivity contribution in [2.24, 2.45) is 0 Å². The molecule has 4 heteroatoms. The Bertz CT molecular complexity index is 393. The second kappa shape index (κ2) is 1.95. The lowest BCUT2D eigenvalue weighted by atomic mass is 10.4. The number of pyridine rings is 1. The van der Waals surface area contributed by atoms with Gasteiger partial charge >= 0.3 is 0 Å². The van der Waals surface area contributed by atoms with Crippen molar-refractivity contribution in [1.82, 2.24) is 9.97 Å². The summed E-state index contributed by atoms with van der Waals surface area (Å²) in [6.07, 6.45) is 0. The molecule has 2 rings (SSSR count). The average Bonchev–Trinajstić information content (AvgIpc) is 2.27. The van der Waals surface area contributed by atoms with Crippen LogP contribution in [0.4, 0.5) is 5.82 Å². The molecule has 2 aromatic heterocycles. The highest BCUT2D eigenvalue weighted by Crippen LogP contribution is 2.13. The van der Waals surface area contributed by atoms with Crippen LogP contribution < -0.4 is 5.73 Å². The lowest BCUT2D eigenvalue weighted by Crippen LogP contribution is -1.87. The van der Waals surface area contributed by atoms with Crippen molar-refractivity contribution in [2.45, 2.75) is 6.92 Å². The second-order valence-corrected chi connectivity index (χ2v) is 2.29. The minimum absolute atomic E-state index is 0.452. The molecular weight excluding hydrogens is 142 g/mol. The van der Waals surface area contributed by atoms with Crippen molar-refractivity contribution in [3.63, 3.8) is 0 Å². The molecule has 56 valence electrons. The zero-order valence-corrected chi connectivity index (χ0v) is 6.03. The van der Waals surface area contributed by atoms with Crippen molar-refractivity contribution in [1.29, 1.82) is 0 Å². The van der Waals surface area contributed by atoms with E-state index in [1.54, 1.807) is 19.1 Å². The fourth-order valence-electron chi connectivity index (χ4n) is 0.940. The van der Waals surface area contributed by atoms with Crippen LogP contribution in [-0.4, -0.2) is 9.97 Å². The summed E-state index contributed by atoms with van der Waals surface area (Å²) in [6, 6.07) is 3.48. The molecule has 0 aliphatic heterocycles. The standard InChI is InChI=1S/C7H7N3O/c1-4-9-5-2-3-6(8)10-7(5)11-4/h2-3H,1H3,(H2,8,10). The van der Waals surface area contributed by atoms with Gasteiger partial charge in [-0.05, 0) is 12.1 Å².